The SMILES string of the molecule is COc1c(C)cc(C(C)Nc2cccc(-c3cc(C)c(C(=O)NC(C)C(=O)O)c(C)c3)c2)cc1C. The van der Waals surface area contributed by atoms with Crippen molar-refractivity contribution in [1.82, 2.24) is 5.32 Å². The highest BCUT2D eigenvalue weighted by molar-refractivity contribution is 5.99. The van der Waals surface area contributed by atoms with Crippen molar-refractivity contribution in [2.45, 2.75) is 53.6 Å². The minimum atomic E-state index is -1.07. The van der Waals surface area contributed by atoms with Gasteiger partial charge >= 0.3 is 5.97 Å². The van der Waals surface area contributed by atoms with Gasteiger partial charge in [0.15, 0.2) is 0 Å². The van der Waals surface area contributed by atoms with Crippen LogP contribution in [-0.2, 0) is 4.79 Å². The number of rotatable bonds is 8. The molecular formula is C29H34N2O4. The van der Waals surface area contributed by atoms with E-state index >= 15 is 0 Å². The maximum absolute atomic E-state index is 12.7. The molecule has 0 radical (unpaired) electrons. The highest BCUT2D eigenvalue weighted by Gasteiger charge is 2.19. The molecule has 0 aliphatic rings. The quantitative estimate of drug-likeness (QED) is 0.374. The molecule has 0 aliphatic heterocycles. The number of nitrogens with one attached hydrogen (secondary N) is 2. The summed E-state index contributed by atoms with van der Waals surface area (Å²) < 4.78 is 5.49. The molecule has 2 unspecified atom stereocenters. The lowest BCUT2D eigenvalue weighted by Gasteiger charge is -2.19. The molecule has 0 saturated carbocycles. The van der Waals surface area contributed by atoms with Gasteiger partial charge in [0.05, 0.1) is 7.11 Å². The number of anilines is 1. The summed E-state index contributed by atoms with van der Waals surface area (Å²) in [5.41, 5.74) is 8.52. The van der Waals surface area contributed by atoms with Crippen LogP contribution in [0.1, 0.15) is 58.1 Å². The Bertz CT molecular complexity index is 1220. The van der Waals surface area contributed by atoms with E-state index in [1.165, 1.54) is 12.5 Å². The van der Waals surface area contributed by atoms with E-state index in [-0.39, 0.29) is 11.9 Å². The summed E-state index contributed by atoms with van der Waals surface area (Å²) in [6, 6.07) is 15.6. The van der Waals surface area contributed by atoms with Crippen molar-refractivity contribution < 1.29 is 19.4 Å². The van der Waals surface area contributed by atoms with Crippen LogP contribution in [-0.4, -0.2) is 30.1 Å². The lowest BCUT2D eigenvalue weighted by molar-refractivity contribution is -0.138. The van der Waals surface area contributed by atoms with E-state index in [0.717, 1.165) is 44.8 Å². The Morgan fingerprint density at radius 1 is 0.857 bits per heavy atom. The Morgan fingerprint density at radius 3 is 2.00 bits per heavy atom. The number of ether oxygens (including phenoxy) is 1. The third kappa shape index (κ3) is 5.83. The molecule has 1 amide bonds. The molecule has 3 rings (SSSR count). The summed E-state index contributed by atoms with van der Waals surface area (Å²) in [5, 5.41) is 15.2. The van der Waals surface area contributed by atoms with Gasteiger partial charge in [0.25, 0.3) is 5.91 Å². The molecule has 35 heavy (non-hydrogen) atoms. The van der Waals surface area contributed by atoms with Gasteiger partial charge < -0.3 is 20.5 Å². The first kappa shape index (κ1) is 25.8. The first-order valence-electron chi connectivity index (χ1n) is 11.7. The van der Waals surface area contributed by atoms with Crippen LogP contribution in [0.4, 0.5) is 5.69 Å². The Labute approximate surface area is 207 Å². The number of carboxylic acid groups (broad SMARTS) is 1. The van der Waals surface area contributed by atoms with Gasteiger partial charge in [-0.3, -0.25) is 9.59 Å². The van der Waals surface area contributed by atoms with Gasteiger partial charge in [-0.1, -0.05) is 36.4 Å². The predicted molar refractivity (Wildman–Crippen MR) is 140 cm³/mol. The van der Waals surface area contributed by atoms with Crippen LogP contribution in [0.3, 0.4) is 0 Å². The molecule has 6 nitrogen and oxygen atoms in total. The molecule has 2 atom stereocenters. The summed E-state index contributed by atoms with van der Waals surface area (Å²) in [6.07, 6.45) is 0. The third-order valence-corrected chi connectivity index (χ3v) is 6.24. The molecule has 6 heteroatoms. The van der Waals surface area contributed by atoms with E-state index in [9.17, 15) is 9.59 Å². The Balaban J connectivity index is 1.85. The van der Waals surface area contributed by atoms with Crippen molar-refractivity contribution in [3.63, 3.8) is 0 Å². The van der Waals surface area contributed by atoms with Gasteiger partial charge in [-0.2, -0.15) is 0 Å². The van der Waals surface area contributed by atoms with Crippen LogP contribution in [0.25, 0.3) is 11.1 Å². The molecule has 3 N–H and O–H groups in total. The molecule has 0 fully saturated rings. The second kappa shape index (κ2) is 10.6. The van der Waals surface area contributed by atoms with Gasteiger partial charge in [0, 0.05) is 17.3 Å². The first-order chi connectivity index (χ1) is 16.5. The van der Waals surface area contributed by atoms with Crippen LogP contribution in [0.2, 0.25) is 0 Å². The van der Waals surface area contributed by atoms with E-state index in [1.807, 2.05) is 44.2 Å². The molecule has 3 aromatic rings. The summed E-state index contributed by atoms with van der Waals surface area (Å²) >= 11 is 0. The molecule has 184 valence electrons. The van der Waals surface area contributed by atoms with E-state index < -0.39 is 12.0 Å². The second-order valence-electron chi connectivity index (χ2n) is 9.15. The Kier molecular flexibility index (Phi) is 7.85. The fourth-order valence-corrected chi connectivity index (χ4v) is 4.50. The van der Waals surface area contributed by atoms with Gasteiger partial charge in [0.1, 0.15) is 11.8 Å². The highest BCUT2D eigenvalue weighted by Crippen LogP contribution is 2.31. The number of aliphatic carboxylic acids is 1. The number of hydrogen-bond acceptors (Lipinski definition) is 4. The van der Waals surface area contributed by atoms with Gasteiger partial charge in [-0.15, -0.1) is 0 Å². The Morgan fingerprint density at radius 2 is 1.46 bits per heavy atom. The van der Waals surface area contributed by atoms with Gasteiger partial charge in [0.2, 0.25) is 0 Å². The molecule has 0 bridgehead atoms. The van der Waals surface area contributed by atoms with Crippen molar-refractivity contribution in [3.8, 4) is 16.9 Å². The minimum Gasteiger partial charge on any atom is -0.496 e. The number of carbonyl (C=O) groups is 2. The maximum atomic E-state index is 12.7. The molecule has 0 heterocycles. The summed E-state index contributed by atoms with van der Waals surface area (Å²) in [5.74, 6) is -0.525. The lowest BCUT2D eigenvalue weighted by Crippen LogP contribution is -2.38. The fraction of sp³-hybridized carbons (Fsp3) is 0.310. The van der Waals surface area contributed by atoms with Crippen LogP contribution < -0.4 is 15.4 Å². The maximum Gasteiger partial charge on any atom is 0.325 e. The molecule has 0 saturated heterocycles. The van der Waals surface area contributed by atoms with Crippen molar-refractivity contribution in [2.24, 2.45) is 0 Å². The standard InChI is InChI=1S/C29H34N2O4/c1-16-11-24(12-17(2)26(16)28(32)31-21(6)29(33)34)22-9-8-10-25(15-22)30-20(5)23-13-18(3)27(35-7)19(4)14-23/h8-15,20-21,30H,1-7H3,(H,31,32)(H,33,34). The smallest absolute Gasteiger partial charge is 0.325 e. The normalized spacial score (nSPS) is 12.5. The molecular weight excluding hydrogens is 440 g/mol. The minimum absolute atomic E-state index is 0.0966. The van der Waals surface area contributed by atoms with Crippen molar-refractivity contribution in [3.05, 3.63) is 81.9 Å². The zero-order valence-corrected chi connectivity index (χ0v) is 21.4. The largest absolute Gasteiger partial charge is 0.496 e. The predicted octanol–water partition coefficient (Wildman–Crippen LogP) is 5.97. The van der Waals surface area contributed by atoms with Crippen LogP contribution >= 0.6 is 0 Å². The van der Waals surface area contributed by atoms with Crippen molar-refractivity contribution in [1.29, 1.82) is 0 Å². The number of carbonyl (C=O) groups excluding carboxylic acids is 1. The number of methoxy groups -OCH3 is 1. The topological polar surface area (TPSA) is 87.7 Å². The fourth-order valence-electron chi connectivity index (χ4n) is 4.50. The van der Waals surface area contributed by atoms with Crippen LogP contribution in [0.15, 0.2) is 48.5 Å². The number of hydrogen-bond donors (Lipinski definition) is 3. The van der Waals surface area contributed by atoms with E-state index in [0.29, 0.717) is 5.56 Å². The third-order valence-electron chi connectivity index (χ3n) is 6.24. The molecule has 0 spiro atoms. The van der Waals surface area contributed by atoms with Crippen molar-refractivity contribution in [2.75, 3.05) is 12.4 Å². The average Bonchev–Trinajstić information content (AvgIpc) is 2.78. The average molecular weight is 475 g/mol. The summed E-state index contributed by atoms with van der Waals surface area (Å²) in [7, 11) is 1.70. The van der Waals surface area contributed by atoms with E-state index in [1.54, 1.807) is 7.11 Å². The lowest BCUT2D eigenvalue weighted by atomic mass is 9.94. The molecule has 0 aliphatic carbocycles. The van der Waals surface area contributed by atoms with Crippen LogP contribution in [0, 0.1) is 27.7 Å². The van der Waals surface area contributed by atoms with Gasteiger partial charge in [-0.25, -0.2) is 0 Å². The summed E-state index contributed by atoms with van der Waals surface area (Å²) in [4.78, 5) is 23.8. The second-order valence-corrected chi connectivity index (χ2v) is 9.15. The van der Waals surface area contributed by atoms with E-state index in [2.05, 4.69) is 49.6 Å². The van der Waals surface area contributed by atoms with E-state index in [4.69, 9.17) is 9.84 Å². The highest BCUT2D eigenvalue weighted by atomic mass is 16.5. The van der Waals surface area contributed by atoms with Crippen LogP contribution in [0.5, 0.6) is 5.75 Å². The monoisotopic (exact) mass is 474 g/mol. The zero-order valence-electron chi connectivity index (χ0n) is 21.4. The van der Waals surface area contributed by atoms with Gasteiger partial charge in [-0.05, 0) is 92.6 Å². The molecule has 0 aromatic heterocycles. The molecule has 3 aromatic carbocycles. The zero-order chi connectivity index (χ0) is 25.9. The first-order valence-corrected chi connectivity index (χ1v) is 11.7. The number of amides is 1. The number of carboxylic acids is 1. The number of aryl methyl sites for hydroxylation is 4. The number of benzene rings is 3. The summed E-state index contributed by atoms with van der Waals surface area (Å²) in [6.45, 7) is 11.4. The van der Waals surface area contributed by atoms with Crippen molar-refractivity contribution >= 4 is 17.6 Å². The Hall–Kier alpha value is -3.80.